The number of benzene rings is 2. The molecule has 4 rings (SSSR count). The Labute approximate surface area is 260 Å². The quantitative estimate of drug-likeness (QED) is 0.225. The van der Waals surface area contributed by atoms with E-state index in [9.17, 15) is 31.4 Å². The SMILES string of the molecule is CCN(CC1CCC(CO)CC1)c1ccc(Br)cc1CN(Cc1cc(C(F)(F)F)cc(C(F)(F)F)c1)c1nnn(C)n1.Cl. The Morgan fingerprint density at radius 3 is 2.02 bits per heavy atom. The van der Waals surface area contributed by atoms with Crippen molar-refractivity contribution in [2.75, 3.05) is 29.5 Å². The summed E-state index contributed by atoms with van der Waals surface area (Å²) in [4.78, 5) is 4.94. The number of aliphatic hydroxyl groups excluding tert-OH is 1. The maximum absolute atomic E-state index is 13.6. The maximum Gasteiger partial charge on any atom is 0.416 e. The number of aryl methyl sites for hydroxylation is 1. The van der Waals surface area contributed by atoms with Crippen molar-refractivity contribution in [3.8, 4) is 0 Å². The Bertz CT molecular complexity index is 1310. The van der Waals surface area contributed by atoms with E-state index in [1.54, 1.807) is 0 Å². The molecule has 1 fully saturated rings. The second-order valence-electron chi connectivity index (χ2n) is 10.7. The van der Waals surface area contributed by atoms with E-state index in [1.165, 1.54) is 16.7 Å². The molecule has 15 heteroatoms. The molecule has 1 aliphatic carbocycles. The first-order valence-corrected chi connectivity index (χ1v) is 14.5. The molecule has 238 valence electrons. The molecule has 43 heavy (non-hydrogen) atoms. The van der Waals surface area contributed by atoms with Crippen molar-refractivity contribution in [3.05, 3.63) is 63.1 Å². The molecule has 2 aromatic carbocycles. The van der Waals surface area contributed by atoms with Crippen LogP contribution in [0.4, 0.5) is 38.0 Å². The number of aromatic nitrogens is 4. The number of rotatable bonds is 10. The van der Waals surface area contributed by atoms with Gasteiger partial charge in [-0.3, -0.25) is 0 Å². The van der Waals surface area contributed by atoms with Crippen molar-refractivity contribution in [2.24, 2.45) is 18.9 Å². The average molecular weight is 700 g/mol. The van der Waals surface area contributed by atoms with Crippen molar-refractivity contribution >= 4 is 40.0 Å². The van der Waals surface area contributed by atoms with E-state index in [-0.39, 0.29) is 49.7 Å². The fourth-order valence-electron chi connectivity index (χ4n) is 5.43. The summed E-state index contributed by atoms with van der Waals surface area (Å²) in [6, 6.07) is 7.31. The minimum Gasteiger partial charge on any atom is -0.396 e. The Kier molecular flexibility index (Phi) is 11.7. The number of alkyl halides is 6. The number of nitrogens with zero attached hydrogens (tertiary/aromatic N) is 6. The van der Waals surface area contributed by atoms with E-state index in [4.69, 9.17) is 0 Å². The van der Waals surface area contributed by atoms with Crippen LogP contribution in [-0.2, 0) is 32.5 Å². The highest BCUT2D eigenvalue weighted by Crippen LogP contribution is 2.37. The van der Waals surface area contributed by atoms with Crippen LogP contribution < -0.4 is 9.80 Å². The Morgan fingerprint density at radius 2 is 1.51 bits per heavy atom. The highest BCUT2D eigenvalue weighted by molar-refractivity contribution is 9.10. The van der Waals surface area contributed by atoms with E-state index < -0.39 is 23.5 Å². The second-order valence-corrected chi connectivity index (χ2v) is 11.6. The van der Waals surface area contributed by atoms with Gasteiger partial charge in [-0.05, 0) is 97.2 Å². The summed E-state index contributed by atoms with van der Waals surface area (Å²) < 4.78 is 82.2. The summed E-state index contributed by atoms with van der Waals surface area (Å²) in [5, 5.41) is 21.5. The van der Waals surface area contributed by atoms with Gasteiger partial charge in [0.05, 0.1) is 18.2 Å². The molecule has 0 unspecified atom stereocenters. The Morgan fingerprint density at radius 1 is 0.907 bits per heavy atom. The van der Waals surface area contributed by atoms with Crippen LogP contribution in [0.2, 0.25) is 0 Å². The largest absolute Gasteiger partial charge is 0.416 e. The van der Waals surface area contributed by atoms with Gasteiger partial charge in [0.1, 0.15) is 0 Å². The van der Waals surface area contributed by atoms with Gasteiger partial charge in [-0.25, -0.2) is 0 Å². The zero-order valence-electron chi connectivity index (χ0n) is 23.7. The third-order valence-corrected chi connectivity index (χ3v) is 8.12. The summed E-state index contributed by atoms with van der Waals surface area (Å²) in [5.74, 6) is 0.842. The number of anilines is 2. The predicted octanol–water partition coefficient (Wildman–Crippen LogP) is 7.26. The second kappa shape index (κ2) is 14.5. The monoisotopic (exact) mass is 698 g/mol. The van der Waals surface area contributed by atoms with Crippen LogP contribution in [-0.4, -0.2) is 45.0 Å². The van der Waals surface area contributed by atoms with E-state index in [0.717, 1.165) is 60.1 Å². The number of hydrogen-bond acceptors (Lipinski definition) is 6. The van der Waals surface area contributed by atoms with Crippen molar-refractivity contribution < 1.29 is 31.4 Å². The molecule has 0 atom stereocenters. The first-order chi connectivity index (χ1) is 19.8. The molecular formula is C28H34BrClF6N6O. The topological polar surface area (TPSA) is 70.3 Å². The van der Waals surface area contributed by atoms with Crippen LogP contribution >= 0.6 is 28.3 Å². The fraction of sp³-hybridized carbons (Fsp3) is 0.536. The minimum absolute atomic E-state index is 0. The smallest absolute Gasteiger partial charge is 0.396 e. The van der Waals surface area contributed by atoms with Crippen molar-refractivity contribution in [3.63, 3.8) is 0 Å². The molecule has 1 heterocycles. The zero-order chi connectivity index (χ0) is 30.7. The van der Waals surface area contributed by atoms with Gasteiger partial charge in [-0.1, -0.05) is 21.0 Å². The lowest BCUT2D eigenvalue weighted by Gasteiger charge is -2.34. The van der Waals surface area contributed by atoms with E-state index in [0.29, 0.717) is 18.4 Å². The summed E-state index contributed by atoms with van der Waals surface area (Å²) in [5.41, 5.74) is -1.25. The van der Waals surface area contributed by atoms with Crippen LogP contribution in [0.3, 0.4) is 0 Å². The molecule has 3 aromatic rings. The van der Waals surface area contributed by atoms with Crippen molar-refractivity contribution in [1.82, 2.24) is 20.2 Å². The van der Waals surface area contributed by atoms with Crippen molar-refractivity contribution in [1.29, 1.82) is 0 Å². The summed E-state index contributed by atoms with van der Waals surface area (Å²) in [6.07, 6.45) is -5.98. The highest BCUT2D eigenvalue weighted by atomic mass is 79.9. The van der Waals surface area contributed by atoms with Crippen LogP contribution in [0, 0.1) is 11.8 Å². The van der Waals surface area contributed by atoms with Crippen LogP contribution in [0.25, 0.3) is 0 Å². The molecule has 0 bridgehead atoms. The van der Waals surface area contributed by atoms with Crippen molar-refractivity contribution in [2.45, 2.75) is 58.0 Å². The van der Waals surface area contributed by atoms with Crippen LogP contribution in [0.15, 0.2) is 40.9 Å². The van der Waals surface area contributed by atoms with Gasteiger partial charge in [0.25, 0.3) is 5.95 Å². The Balaban J connectivity index is 0.00000506. The Hall–Kier alpha value is -2.58. The molecule has 1 aromatic heterocycles. The van der Waals surface area contributed by atoms with Gasteiger partial charge in [0.15, 0.2) is 0 Å². The predicted molar refractivity (Wildman–Crippen MR) is 157 cm³/mol. The summed E-state index contributed by atoms with van der Waals surface area (Å²) in [6.45, 7) is 3.50. The number of halogens is 8. The molecular weight excluding hydrogens is 666 g/mol. The first-order valence-electron chi connectivity index (χ1n) is 13.7. The molecule has 0 spiro atoms. The summed E-state index contributed by atoms with van der Waals surface area (Å²) >= 11 is 3.50. The average Bonchev–Trinajstić information content (AvgIpc) is 3.37. The number of hydrogen-bond donors (Lipinski definition) is 1. The lowest BCUT2D eigenvalue weighted by molar-refractivity contribution is -0.143. The number of aliphatic hydroxyl groups is 1. The van der Waals surface area contributed by atoms with Gasteiger partial charge in [0.2, 0.25) is 0 Å². The molecule has 0 saturated heterocycles. The third kappa shape index (κ3) is 9.21. The molecule has 1 N–H and O–H groups in total. The lowest BCUT2D eigenvalue weighted by atomic mass is 9.82. The van der Waals surface area contributed by atoms with Gasteiger partial charge in [-0.2, -0.15) is 31.1 Å². The zero-order valence-corrected chi connectivity index (χ0v) is 26.1. The van der Waals surface area contributed by atoms with Gasteiger partial charge >= 0.3 is 12.4 Å². The summed E-state index contributed by atoms with van der Waals surface area (Å²) in [7, 11) is 1.52. The molecule has 7 nitrogen and oxygen atoms in total. The third-order valence-electron chi connectivity index (χ3n) is 7.63. The van der Waals surface area contributed by atoms with Crippen LogP contribution in [0.5, 0.6) is 0 Å². The molecule has 0 radical (unpaired) electrons. The number of tetrazole rings is 1. The van der Waals surface area contributed by atoms with E-state index >= 15 is 0 Å². The highest BCUT2D eigenvalue weighted by Gasteiger charge is 2.37. The molecule has 1 saturated carbocycles. The minimum atomic E-state index is -4.96. The van der Waals surface area contributed by atoms with Crippen LogP contribution in [0.1, 0.15) is 54.9 Å². The van der Waals surface area contributed by atoms with Gasteiger partial charge in [-0.15, -0.1) is 17.5 Å². The first kappa shape index (κ1) is 34.9. The fourth-order valence-corrected chi connectivity index (χ4v) is 5.84. The maximum atomic E-state index is 13.6. The van der Waals surface area contributed by atoms with Gasteiger partial charge < -0.3 is 14.9 Å². The molecule has 0 amide bonds. The molecule has 1 aliphatic rings. The standard InChI is InChI=1S/C28H33BrF6N6O.ClH/c1-3-40(14-18-4-6-19(17-42)7-5-18)25-9-8-24(29)12-21(25)16-41(26-36-38-39(2)37-26)15-20-10-22(27(30,31)32)13-23(11-20)28(33,34)35;/h8-13,18-19,42H,3-7,14-17H2,1-2H3;1H. The normalized spacial score (nSPS) is 17.4. The molecule has 0 aliphatic heterocycles. The van der Waals surface area contributed by atoms with E-state index in [1.807, 2.05) is 25.1 Å². The van der Waals surface area contributed by atoms with E-state index in [2.05, 4.69) is 36.2 Å². The lowest BCUT2D eigenvalue weighted by Crippen LogP contribution is -2.33. The van der Waals surface area contributed by atoms with Gasteiger partial charge in [0, 0.05) is 42.9 Å².